The van der Waals surface area contributed by atoms with E-state index in [1.54, 1.807) is 43.7 Å². The summed E-state index contributed by atoms with van der Waals surface area (Å²) in [5.74, 6) is 0.524. The minimum absolute atomic E-state index is 0.201. The van der Waals surface area contributed by atoms with Crippen molar-refractivity contribution in [2.75, 3.05) is 17.7 Å². The molecule has 0 aliphatic heterocycles. The standard InChI is InChI=1S/C12H12N4O/c1-13-11-5-4-9(7-15-11)12(17)16-10-3-2-6-14-8-10/h2-8H,1H3,(H,13,15)(H,16,17). The average molecular weight is 228 g/mol. The summed E-state index contributed by atoms with van der Waals surface area (Å²) in [5, 5.41) is 5.62. The smallest absolute Gasteiger partial charge is 0.257 e. The molecule has 5 heteroatoms. The van der Waals surface area contributed by atoms with Gasteiger partial charge in [0.15, 0.2) is 0 Å². The van der Waals surface area contributed by atoms with Gasteiger partial charge in [0.05, 0.1) is 17.4 Å². The monoisotopic (exact) mass is 228 g/mol. The van der Waals surface area contributed by atoms with Crippen molar-refractivity contribution in [1.82, 2.24) is 9.97 Å². The molecule has 0 atom stereocenters. The molecule has 0 aliphatic rings. The molecule has 2 heterocycles. The predicted octanol–water partition coefficient (Wildman–Crippen LogP) is 1.77. The number of rotatable bonds is 3. The van der Waals surface area contributed by atoms with Crippen molar-refractivity contribution in [3.63, 3.8) is 0 Å². The van der Waals surface area contributed by atoms with E-state index in [1.165, 1.54) is 6.20 Å². The summed E-state index contributed by atoms with van der Waals surface area (Å²) in [7, 11) is 1.78. The van der Waals surface area contributed by atoms with Crippen LogP contribution in [0.1, 0.15) is 10.4 Å². The quantitative estimate of drug-likeness (QED) is 0.840. The van der Waals surface area contributed by atoms with E-state index in [0.29, 0.717) is 11.3 Å². The van der Waals surface area contributed by atoms with Crippen LogP contribution in [0.4, 0.5) is 11.5 Å². The third-order valence-electron chi connectivity index (χ3n) is 2.20. The fourth-order valence-corrected chi connectivity index (χ4v) is 1.32. The molecule has 1 amide bonds. The van der Waals surface area contributed by atoms with Gasteiger partial charge in [0, 0.05) is 19.4 Å². The van der Waals surface area contributed by atoms with Gasteiger partial charge in [0.1, 0.15) is 5.82 Å². The number of nitrogens with one attached hydrogen (secondary N) is 2. The number of hydrogen-bond donors (Lipinski definition) is 2. The first-order valence-corrected chi connectivity index (χ1v) is 5.15. The molecular formula is C12H12N4O. The van der Waals surface area contributed by atoms with Crippen molar-refractivity contribution in [3.8, 4) is 0 Å². The van der Waals surface area contributed by atoms with Crippen LogP contribution >= 0.6 is 0 Å². The van der Waals surface area contributed by atoms with Gasteiger partial charge >= 0.3 is 0 Å². The molecule has 2 N–H and O–H groups in total. The molecule has 17 heavy (non-hydrogen) atoms. The molecule has 0 saturated heterocycles. The fraction of sp³-hybridized carbons (Fsp3) is 0.0833. The zero-order valence-corrected chi connectivity index (χ0v) is 9.34. The van der Waals surface area contributed by atoms with Crippen LogP contribution in [0.25, 0.3) is 0 Å². The van der Waals surface area contributed by atoms with E-state index in [4.69, 9.17) is 0 Å². The van der Waals surface area contributed by atoms with Crippen molar-refractivity contribution in [2.24, 2.45) is 0 Å². The molecule has 0 saturated carbocycles. The Morgan fingerprint density at radius 1 is 1.24 bits per heavy atom. The highest BCUT2D eigenvalue weighted by Gasteiger charge is 2.06. The molecular weight excluding hydrogens is 216 g/mol. The largest absolute Gasteiger partial charge is 0.373 e. The number of hydrogen-bond acceptors (Lipinski definition) is 4. The second-order valence-electron chi connectivity index (χ2n) is 3.38. The Kier molecular flexibility index (Phi) is 3.30. The van der Waals surface area contributed by atoms with E-state index in [0.717, 1.165) is 5.82 Å². The molecule has 0 aliphatic carbocycles. The minimum Gasteiger partial charge on any atom is -0.373 e. The molecule has 86 valence electrons. The van der Waals surface area contributed by atoms with E-state index >= 15 is 0 Å². The first-order chi connectivity index (χ1) is 8.29. The molecule has 2 aromatic rings. The zero-order chi connectivity index (χ0) is 12.1. The number of anilines is 2. The van der Waals surface area contributed by atoms with E-state index < -0.39 is 0 Å². The Bertz CT molecular complexity index is 496. The maximum atomic E-state index is 11.8. The Morgan fingerprint density at radius 3 is 2.71 bits per heavy atom. The third kappa shape index (κ3) is 2.78. The average Bonchev–Trinajstić information content (AvgIpc) is 2.40. The predicted molar refractivity (Wildman–Crippen MR) is 66.0 cm³/mol. The lowest BCUT2D eigenvalue weighted by Gasteiger charge is -2.04. The zero-order valence-electron chi connectivity index (χ0n) is 9.34. The Hall–Kier alpha value is -2.43. The van der Waals surface area contributed by atoms with Gasteiger partial charge in [-0.15, -0.1) is 0 Å². The SMILES string of the molecule is CNc1ccc(C(=O)Nc2cccnc2)cn1. The molecule has 0 fully saturated rings. The molecule has 2 rings (SSSR count). The topological polar surface area (TPSA) is 66.9 Å². The first kappa shape index (κ1) is 11.1. The van der Waals surface area contributed by atoms with Crippen LogP contribution in [0.5, 0.6) is 0 Å². The van der Waals surface area contributed by atoms with Gasteiger partial charge in [-0.05, 0) is 24.3 Å². The molecule has 0 spiro atoms. The van der Waals surface area contributed by atoms with E-state index in [2.05, 4.69) is 20.6 Å². The van der Waals surface area contributed by atoms with E-state index in [-0.39, 0.29) is 5.91 Å². The van der Waals surface area contributed by atoms with Crippen molar-refractivity contribution >= 4 is 17.4 Å². The van der Waals surface area contributed by atoms with Crippen LogP contribution in [0, 0.1) is 0 Å². The molecule has 0 unspecified atom stereocenters. The summed E-state index contributed by atoms with van der Waals surface area (Å²) >= 11 is 0. The van der Waals surface area contributed by atoms with E-state index in [1.807, 2.05) is 0 Å². The molecule has 0 aromatic carbocycles. The Labute approximate surface area is 98.9 Å². The number of carbonyl (C=O) groups excluding carboxylic acids is 1. The Balaban J connectivity index is 2.09. The van der Waals surface area contributed by atoms with Crippen molar-refractivity contribution < 1.29 is 4.79 Å². The first-order valence-electron chi connectivity index (χ1n) is 5.15. The Morgan fingerprint density at radius 2 is 2.12 bits per heavy atom. The van der Waals surface area contributed by atoms with Crippen LogP contribution < -0.4 is 10.6 Å². The lowest BCUT2D eigenvalue weighted by molar-refractivity contribution is 0.102. The lowest BCUT2D eigenvalue weighted by atomic mass is 10.2. The van der Waals surface area contributed by atoms with E-state index in [9.17, 15) is 4.79 Å². The van der Waals surface area contributed by atoms with Crippen LogP contribution in [0.15, 0.2) is 42.9 Å². The number of nitrogens with zero attached hydrogens (tertiary/aromatic N) is 2. The summed E-state index contributed by atoms with van der Waals surface area (Å²) in [4.78, 5) is 19.8. The number of amides is 1. The highest BCUT2D eigenvalue weighted by atomic mass is 16.1. The van der Waals surface area contributed by atoms with Crippen molar-refractivity contribution in [3.05, 3.63) is 48.4 Å². The number of aromatic nitrogens is 2. The summed E-state index contributed by atoms with van der Waals surface area (Å²) in [5.41, 5.74) is 1.17. The molecule has 0 radical (unpaired) electrons. The van der Waals surface area contributed by atoms with Gasteiger partial charge in [-0.1, -0.05) is 0 Å². The highest BCUT2D eigenvalue weighted by molar-refractivity contribution is 6.04. The van der Waals surface area contributed by atoms with Crippen LogP contribution in [-0.4, -0.2) is 22.9 Å². The summed E-state index contributed by atoms with van der Waals surface area (Å²) < 4.78 is 0. The lowest BCUT2D eigenvalue weighted by Crippen LogP contribution is -2.12. The van der Waals surface area contributed by atoms with Crippen molar-refractivity contribution in [2.45, 2.75) is 0 Å². The van der Waals surface area contributed by atoms with Crippen LogP contribution in [0.3, 0.4) is 0 Å². The van der Waals surface area contributed by atoms with Gasteiger partial charge in [-0.3, -0.25) is 9.78 Å². The number of pyridine rings is 2. The fourth-order valence-electron chi connectivity index (χ4n) is 1.32. The normalized spacial score (nSPS) is 9.71. The number of carbonyl (C=O) groups is 1. The second kappa shape index (κ2) is 5.07. The second-order valence-corrected chi connectivity index (χ2v) is 3.38. The molecule has 2 aromatic heterocycles. The van der Waals surface area contributed by atoms with Gasteiger partial charge < -0.3 is 10.6 Å². The summed E-state index contributed by atoms with van der Waals surface area (Å²) in [6, 6.07) is 7.00. The molecule has 5 nitrogen and oxygen atoms in total. The maximum Gasteiger partial charge on any atom is 0.257 e. The van der Waals surface area contributed by atoms with Crippen LogP contribution in [0.2, 0.25) is 0 Å². The summed E-state index contributed by atoms with van der Waals surface area (Å²) in [6.45, 7) is 0. The van der Waals surface area contributed by atoms with Gasteiger partial charge in [0.25, 0.3) is 5.91 Å². The maximum absolute atomic E-state index is 11.8. The third-order valence-corrected chi connectivity index (χ3v) is 2.20. The minimum atomic E-state index is -0.201. The molecule has 0 bridgehead atoms. The van der Waals surface area contributed by atoms with Gasteiger partial charge in [-0.25, -0.2) is 4.98 Å². The summed E-state index contributed by atoms with van der Waals surface area (Å²) in [6.07, 6.45) is 4.77. The van der Waals surface area contributed by atoms with Gasteiger partial charge in [-0.2, -0.15) is 0 Å². The van der Waals surface area contributed by atoms with Crippen molar-refractivity contribution in [1.29, 1.82) is 0 Å². The van der Waals surface area contributed by atoms with Gasteiger partial charge in [0.2, 0.25) is 0 Å². The highest BCUT2D eigenvalue weighted by Crippen LogP contribution is 2.08. The van der Waals surface area contributed by atoms with Crippen LogP contribution in [-0.2, 0) is 0 Å².